The number of sulfonamides is 1. The van der Waals surface area contributed by atoms with Crippen molar-refractivity contribution >= 4 is 16.0 Å². The Hall–Kier alpha value is -1.47. The zero-order chi connectivity index (χ0) is 15.5. The number of aryl methyl sites for hydroxylation is 1. The summed E-state index contributed by atoms with van der Waals surface area (Å²) in [7, 11) is -2.97. The third kappa shape index (κ3) is 3.77. The zero-order valence-corrected chi connectivity index (χ0v) is 12.6. The molecule has 0 fully saturated rings. The zero-order valence-electron chi connectivity index (χ0n) is 11.8. The molecule has 112 valence electrons. The van der Waals surface area contributed by atoms with Crippen LogP contribution in [0.2, 0.25) is 0 Å². The lowest BCUT2D eigenvalue weighted by atomic mass is 10.1. The van der Waals surface area contributed by atoms with Gasteiger partial charge in [-0.1, -0.05) is 19.9 Å². The highest BCUT2D eigenvalue weighted by molar-refractivity contribution is 7.89. The molecule has 0 radical (unpaired) electrons. The topological polar surface area (TPSA) is 72.5 Å². The van der Waals surface area contributed by atoms with Gasteiger partial charge in [-0.3, -0.25) is 4.79 Å². The van der Waals surface area contributed by atoms with Crippen molar-refractivity contribution in [2.24, 2.45) is 5.92 Å². The van der Waals surface area contributed by atoms with E-state index < -0.39 is 32.7 Å². The second-order valence-corrected chi connectivity index (χ2v) is 6.48. The summed E-state index contributed by atoms with van der Waals surface area (Å²) in [4.78, 5) is 11.1. The molecule has 7 heteroatoms. The van der Waals surface area contributed by atoms with Crippen LogP contribution in [0.3, 0.4) is 0 Å². The normalized spacial score (nSPS) is 13.3. The molecule has 0 aliphatic heterocycles. The fourth-order valence-electron chi connectivity index (χ4n) is 1.63. The molecule has 1 unspecified atom stereocenters. The first kappa shape index (κ1) is 16.6. The number of hydrogen-bond acceptors (Lipinski definition) is 4. The van der Waals surface area contributed by atoms with Crippen molar-refractivity contribution in [3.63, 3.8) is 0 Å². The van der Waals surface area contributed by atoms with Crippen LogP contribution < -0.4 is 4.72 Å². The lowest BCUT2D eigenvalue weighted by Crippen LogP contribution is -2.45. The molecule has 0 heterocycles. The molecule has 0 spiro atoms. The molecule has 1 rings (SSSR count). The van der Waals surface area contributed by atoms with Gasteiger partial charge in [-0.05, 0) is 30.5 Å². The average Bonchev–Trinajstić information content (AvgIpc) is 2.37. The number of carbonyl (C=O) groups is 1. The van der Waals surface area contributed by atoms with E-state index in [1.165, 1.54) is 19.2 Å². The SMILES string of the molecule is COC(=O)C(NS(=O)(=O)c1cc(C)ccc1F)C(C)C. The van der Waals surface area contributed by atoms with Gasteiger partial charge in [0.2, 0.25) is 10.0 Å². The van der Waals surface area contributed by atoms with E-state index in [1.807, 2.05) is 0 Å². The van der Waals surface area contributed by atoms with Gasteiger partial charge in [-0.25, -0.2) is 12.8 Å². The van der Waals surface area contributed by atoms with E-state index in [4.69, 9.17) is 0 Å². The van der Waals surface area contributed by atoms with Crippen LogP contribution in [0, 0.1) is 18.7 Å². The number of ether oxygens (including phenoxy) is 1. The molecule has 1 N–H and O–H groups in total. The van der Waals surface area contributed by atoms with Crippen LogP contribution in [-0.4, -0.2) is 27.5 Å². The Kier molecular flexibility index (Phi) is 5.24. The molecule has 0 amide bonds. The molecule has 0 aliphatic rings. The van der Waals surface area contributed by atoms with E-state index in [9.17, 15) is 17.6 Å². The van der Waals surface area contributed by atoms with E-state index >= 15 is 0 Å². The number of esters is 1. The molecule has 20 heavy (non-hydrogen) atoms. The van der Waals surface area contributed by atoms with Crippen LogP contribution in [0.1, 0.15) is 19.4 Å². The lowest BCUT2D eigenvalue weighted by molar-refractivity contribution is -0.143. The van der Waals surface area contributed by atoms with Crippen LogP contribution in [0.15, 0.2) is 23.1 Å². The van der Waals surface area contributed by atoms with Crippen molar-refractivity contribution in [3.05, 3.63) is 29.6 Å². The number of methoxy groups -OCH3 is 1. The van der Waals surface area contributed by atoms with Gasteiger partial charge in [-0.15, -0.1) is 0 Å². The number of rotatable bonds is 5. The Morgan fingerprint density at radius 3 is 2.45 bits per heavy atom. The number of halogens is 1. The molecule has 0 bridgehead atoms. The first-order valence-corrected chi connectivity index (χ1v) is 7.53. The molecule has 0 aromatic heterocycles. The van der Waals surface area contributed by atoms with Gasteiger partial charge in [0.25, 0.3) is 0 Å². The lowest BCUT2D eigenvalue weighted by Gasteiger charge is -2.20. The predicted octanol–water partition coefficient (Wildman–Crippen LogP) is 1.61. The molecular weight excluding hydrogens is 285 g/mol. The summed E-state index contributed by atoms with van der Waals surface area (Å²) in [5.74, 6) is -1.91. The minimum Gasteiger partial charge on any atom is -0.468 e. The number of hydrogen-bond donors (Lipinski definition) is 1. The van der Waals surface area contributed by atoms with Crippen LogP contribution in [0.25, 0.3) is 0 Å². The van der Waals surface area contributed by atoms with Crippen molar-refractivity contribution < 1.29 is 22.3 Å². The predicted molar refractivity (Wildman–Crippen MR) is 72.1 cm³/mol. The number of benzene rings is 1. The van der Waals surface area contributed by atoms with Crippen LogP contribution in [0.4, 0.5) is 4.39 Å². The largest absolute Gasteiger partial charge is 0.468 e. The number of nitrogens with one attached hydrogen (secondary N) is 1. The fraction of sp³-hybridized carbons (Fsp3) is 0.462. The van der Waals surface area contributed by atoms with Gasteiger partial charge < -0.3 is 4.74 Å². The molecule has 0 saturated carbocycles. The van der Waals surface area contributed by atoms with E-state index in [2.05, 4.69) is 9.46 Å². The summed E-state index contributed by atoms with van der Waals surface area (Å²) in [6.45, 7) is 4.98. The van der Waals surface area contributed by atoms with Gasteiger partial charge >= 0.3 is 5.97 Å². The second kappa shape index (κ2) is 6.32. The maximum absolute atomic E-state index is 13.7. The second-order valence-electron chi connectivity index (χ2n) is 4.80. The maximum Gasteiger partial charge on any atom is 0.324 e. The summed E-state index contributed by atoms with van der Waals surface area (Å²) >= 11 is 0. The third-order valence-corrected chi connectivity index (χ3v) is 4.24. The Labute approximate surface area is 118 Å². The van der Waals surface area contributed by atoms with Crippen LogP contribution in [0.5, 0.6) is 0 Å². The van der Waals surface area contributed by atoms with Crippen LogP contribution >= 0.6 is 0 Å². The first-order valence-electron chi connectivity index (χ1n) is 6.05. The van der Waals surface area contributed by atoms with Crippen LogP contribution in [-0.2, 0) is 19.6 Å². The number of carbonyl (C=O) groups excluding carboxylic acids is 1. The van der Waals surface area contributed by atoms with Crippen molar-refractivity contribution in [1.82, 2.24) is 4.72 Å². The van der Waals surface area contributed by atoms with Gasteiger partial charge in [0.05, 0.1) is 7.11 Å². The van der Waals surface area contributed by atoms with Gasteiger partial charge in [0, 0.05) is 0 Å². The fourth-order valence-corrected chi connectivity index (χ4v) is 3.13. The highest BCUT2D eigenvalue weighted by Crippen LogP contribution is 2.17. The highest BCUT2D eigenvalue weighted by atomic mass is 32.2. The van der Waals surface area contributed by atoms with E-state index in [-0.39, 0.29) is 5.92 Å². The van der Waals surface area contributed by atoms with Gasteiger partial charge in [0.15, 0.2) is 0 Å². The Balaban J connectivity index is 3.16. The van der Waals surface area contributed by atoms with Crippen molar-refractivity contribution in [2.45, 2.75) is 31.7 Å². The highest BCUT2D eigenvalue weighted by Gasteiger charge is 2.30. The first-order chi connectivity index (χ1) is 9.19. The Morgan fingerprint density at radius 2 is 1.95 bits per heavy atom. The van der Waals surface area contributed by atoms with E-state index in [0.717, 1.165) is 6.07 Å². The third-order valence-electron chi connectivity index (χ3n) is 2.78. The summed E-state index contributed by atoms with van der Waals surface area (Å²) < 4.78 is 44.8. The average molecular weight is 303 g/mol. The smallest absolute Gasteiger partial charge is 0.324 e. The van der Waals surface area contributed by atoms with E-state index in [1.54, 1.807) is 20.8 Å². The summed E-state index contributed by atoms with van der Waals surface area (Å²) in [5, 5.41) is 0. The molecule has 0 aliphatic carbocycles. The molecule has 1 aromatic carbocycles. The monoisotopic (exact) mass is 303 g/mol. The van der Waals surface area contributed by atoms with Gasteiger partial charge in [0.1, 0.15) is 16.8 Å². The van der Waals surface area contributed by atoms with Crippen molar-refractivity contribution in [3.8, 4) is 0 Å². The minimum atomic E-state index is -4.14. The van der Waals surface area contributed by atoms with Crippen molar-refractivity contribution in [2.75, 3.05) is 7.11 Å². The van der Waals surface area contributed by atoms with Gasteiger partial charge in [-0.2, -0.15) is 4.72 Å². The van der Waals surface area contributed by atoms with E-state index in [0.29, 0.717) is 5.56 Å². The van der Waals surface area contributed by atoms with Crippen molar-refractivity contribution in [1.29, 1.82) is 0 Å². The molecule has 1 atom stereocenters. The summed E-state index contributed by atoms with van der Waals surface area (Å²) in [5.41, 5.74) is 0.603. The maximum atomic E-state index is 13.7. The molecule has 5 nitrogen and oxygen atoms in total. The summed E-state index contributed by atoms with van der Waals surface area (Å²) in [6.07, 6.45) is 0. The Morgan fingerprint density at radius 1 is 1.35 bits per heavy atom. The molecule has 1 aromatic rings. The molecular formula is C13H18FNO4S. The quantitative estimate of drug-likeness (QED) is 0.839. The standard InChI is InChI=1S/C13H18FNO4S/c1-8(2)12(13(16)19-4)15-20(17,18)11-7-9(3)5-6-10(11)14/h5-8,12,15H,1-4H3. The summed E-state index contributed by atoms with van der Waals surface area (Å²) in [6, 6.07) is 2.69. The Bertz CT molecular complexity index is 598. The molecule has 0 saturated heterocycles. The minimum absolute atomic E-state index is 0.329.